The number of hydrogen-bond acceptors (Lipinski definition) is 1. The first kappa shape index (κ1) is 9.80. The van der Waals surface area contributed by atoms with Crippen LogP contribution in [-0.2, 0) is 0 Å². The Bertz CT molecular complexity index is 505. The molecule has 1 aromatic heterocycles. The summed E-state index contributed by atoms with van der Waals surface area (Å²) in [6.07, 6.45) is 3.44. The van der Waals surface area contributed by atoms with Crippen LogP contribution < -0.4 is 5.73 Å². The van der Waals surface area contributed by atoms with E-state index in [2.05, 4.69) is 0 Å². The molecular formula is C11H9ClN2O. The lowest BCUT2D eigenvalue weighted by Gasteiger charge is -2.02. The Morgan fingerprint density at radius 1 is 1.33 bits per heavy atom. The molecule has 0 spiro atoms. The zero-order chi connectivity index (χ0) is 10.8. The van der Waals surface area contributed by atoms with Gasteiger partial charge < -0.3 is 10.3 Å². The van der Waals surface area contributed by atoms with Crippen LogP contribution in [0.2, 0.25) is 5.02 Å². The molecule has 0 saturated carbocycles. The second-order valence-electron chi connectivity index (χ2n) is 3.15. The quantitative estimate of drug-likeness (QED) is 0.829. The second-order valence-corrected chi connectivity index (χ2v) is 3.59. The summed E-state index contributed by atoms with van der Waals surface area (Å²) >= 11 is 5.86. The smallest absolute Gasteiger partial charge is 0.250 e. The van der Waals surface area contributed by atoms with Crippen molar-refractivity contribution in [2.45, 2.75) is 0 Å². The van der Waals surface area contributed by atoms with Gasteiger partial charge in [0.15, 0.2) is 0 Å². The van der Waals surface area contributed by atoms with Gasteiger partial charge in [0, 0.05) is 23.1 Å². The standard InChI is InChI=1S/C11H9ClN2O/c12-9-2-1-3-10(6-9)14-5-4-8(7-14)11(13)15/h1-7H,(H2,13,15). The number of halogens is 1. The van der Waals surface area contributed by atoms with Gasteiger partial charge in [0.25, 0.3) is 0 Å². The fourth-order valence-electron chi connectivity index (χ4n) is 1.34. The molecule has 0 atom stereocenters. The fraction of sp³-hybridized carbons (Fsp3) is 0. The lowest BCUT2D eigenvalue weighted by atomic mass is 10.3. The van der Waals surface area contributed by atoms with E-state index in [1.807, 2.05) is 18.2 Å². The molecule has 2 aromatic rings. The molecular weight excluding hydrogens is 212 g/mol. The molecule has 0 fully saturated rings. The zero-order valence-electron chi connectivity index (χ0n) is 7.85. The van der Waals surface area contributed by atoms with E-state index in [0.29, 0.717) is 10.6 Å². The lowest BCUT2D eigenvalue weighted by molar-refractivity contribution is 0.100. The highest BCUT2D eigenvalue weighted by Crippen LogP contribution is 2.15. The van der Waals surface area contributed by atoms with Crippen molar-refractivity contribution in [3.63, 3.8) is 0 Å². The van der Waals surface area contributed by atoms with E-state index in [1.54, 1.807) is 29.1 Å². The van der Waals surface area contributed by atoms with Crippen molar-refractivity contribution in [3.05, 3.63) is 53.3 Å². The molecule has 0 aliphatic carbocycles. The summed E-state index contributed by atoms with van der Waals surface area (Å²) in [6.45, 7) is 0. The highest BCUT2D eigenvalue weighted by Gasteiger charge is 2.03. The van der Waals surface area contributed by atoms with Crippen molar-refractivity contribution >= 4 is 17.5 Å². The van der Waals surface area contributed by atoms with E-state index in [-0.39, 0.29) is 0 Å². The van der Waals surface area contributed by atoms with Crippen LogP contribution in [0.4, 0.5) is 0 Å². The molecule has 2 rings (SSSR count). The predicted octanol–water partition coefficient (Wildman–Crippen LogP) is 2.23. The Morgan fingerprint density at radius 2 is 2.13 bits per heavy atom. The van der Waals surface area contributed by atoms with Crippen molar-refractivity contribution in [1.82, 2.24) is 4.57 Å². The number of benzene rings is 1. The van der Waals surface area contributed by atoms with Crippen LogP contribution in [0, 0.1) is 0 Å². The van der Waals surface area contributed by atoms with Crippen molar-refractivity contribution in [1.29, 1.82) is 0 Å². The van der Waals surface area contributed by atoms with E-state index in [0.717, 1.165) is 5.69 Å². The molecule has 0 saturated heterocycles. The number of amides is 1. The minimum absolute atomic E-state index is 0.434. The zero-order valence-corrected chi connectivity index (χ0v) is 8.61. The van der Waals surface area contributed by atoms with Gasteiger partial charge in [-0.25, -0.2) is 0 Å². The van der Waals surface area contributed by atoms with Gasteiger partial charge in [-0.15, -0.1) is 0 Å². The third-order valence-corrected chi connectivity index (χ3v) is 2.32. The van der Waals surface area contributed by atoms with Crippen LogP contribution in [0.25, 0.3) is 5.69 Å². The Labute approximate surface area is 92.1 Å². The maximum Gasteiger partial charge on any atom is 0.250 e. The van der Waals surface area contributed by atoms with Crippen LogP contribution >= 0.6 is 11.6 Å². The summed E-state index contributed by atoms with van der Waals surface area (Å²) in [6, 6.07) is 9.03. The average molecular weight is 221 g/mol. The topological polar surface area (TPSA) is 48.0 Å². The molecule has 0 bridgehead atoms. The van der Waals surface area contributed by atoms with E-state index in [4.69, 9.17) is 17.3 Å². The van der Waals surface area contributed by atoms with Gasteiger partial charge in [-0.3, -0.25) is 4.79 Å². The van der Waals surface area contributed by atoms with Gasteiger partial charge in [0.05, 0.1) is 5.56 Å². The first-order valence-corrected chi connectivity index (χ1v) is 4.78. The summed E-state index contributed by atoms with van der Waals surface area (Å²) < 4.78 is 1.80. The molecule has 1 heterocycles. The fourth-order valence-corrected chi connectivity index (χ4v) is 1.52. The van der Waals surface area contributed by atoms with Crippen LogP contribution in [-0.4, -0.2) is 10.5 Å². The number of carbonyl (C=O) groups is 1. The first-order chi connectivity index (χ1) is 7.16. The summed E-state index contributed by atoms with van der Waals surface area (Å²) in [4.78, 5) is 10.9. The van der Waals surface area contributed by atoms with Crippen LogP contribution in [0.1, 0.15) is 10.4 Å². The van der Waals surface area contributed by atoms with Gasteiger partial charge in [-0.1, -0.05) is 17.7 Å². The number of nitrogens with zero attached hydrogens (tertiary/aromatic N) is 1. The SMILES string of the molecule is NC(=O)c1ccn(-c2cccc(Cl)c2)c1. The third kappa shape index (κ3) is 2.02. The van der Waals surface area contributed by atoms with E-state index >= 15 is 0 Å². The Balaban J connectivity index is 2.41. The van der Waals surface area contributed by atoms with E-state index < -0.39 is 5.91 Å². The normalized spacial score (nSPS) is 10.2. The summed E-state index contributed by atoms with van der Waals surface area (Å²) in [5, 5.41) is 0.654. The maximum atomic E-state index is 10.9. The molecule has 0 aliphatic heterocycles. The number of primary amides is 1. The molecule has 4 heteroatoms. The minimum atomic E-state index is -0.434. The molecule has 0 radical (unpaired) electrons. The number of nitrogens with two attached hydrogens (primary N) is 1. The van der Waals surface area contributed by atoms with Gasteiger partial charge in [0.2, 0.25) is 5.91 Å². The minimum Gasteiger partial charge on any atom is -0.366 e. The maximum absolute atomic E-state index is 10.9. The summed E-state index contributed by atoms with van der Waals surface area (Å²) in [5.41, 5.74) is 6.54. The van der Waals surface area contributed by atoms with Crippen LogP contribution in [0.15, 0.2) is 42.7 Å². The van der Waals surface area contributed by atoms with E-state index in [1.165, 1.54) is 0 Å². The van der Waals surface area contributed by atoms with Crippen molar-refractivity contribution in [3.8, 4) is 5.69 Å². The van der Waals surface area contributed by atoms with Crippen molar-refractivity contribution in [2.24, 2.45) is 5.73 Å². The lowest BCUT2D eigenvalue weighted by Crippen LogP contribution is -2.09. The molecule has 1 amide bonds. The average Bonchev–Trinajstić information content (AvgIpc) is 2.66. The summed E-state index contributed by atoms with van der Waals surface area (Å²) in [7, 11) is 0. The van der Waals surface area contributed by atoms with Gasteiger partial charge in [-0.2, -0.15) is 0 Å². The van der Waals surface area contributed by atoms with Gasteiger partial charge >= 0.3 is 0 Å². The first-order valence-electron chi connectivity index (χ1n) is 4.40. The predicted molar refractivity (Wildman–Crippen MR) is 59.3 cm³/mol. The molecule has 15 heavy (non-hydrogen) atoms. The Hall–Kier alpha value is -1.74. The number of carbonyl (C=O) groups excluding carboxylic acids is 1. The number of hydrogen-bond donors (Lipinski definition) is 1. The third-order valence-electron chi connectivity index (χ3n) is 2.08. The molecule has 3 nitrogen and oxygen atoms in total. The highest BCUT2D eigenvalue weighted by atomic mass is 35.5. The van der Waals surface area contributed by atoms with Crippen LogP contribution in [0.3, 0.4) is 0 Å². The monoisotopic (exact) mass is 220 g/mol. The van der Waals surface area contributed by atoms with Crippen molar-refractivity contribution < 1.29 is 4.79 Å². The number of rotatable bonds is 2. The highest BCUT2D eigenvalue weighted by molar-refractivity contribution is 6.30. The van der Waals surface area contributed by atoms with E-state index in [9.17, 15) is 4.79 Å². The molecule has 0 aliphatic rings. The van der Waals surface area contributed by atoms with Gasteiger partial charge in [-0.05, 0) is 24.3 Å². The Kier molecular flexibility index (Phi) is 2.47. The molecule has 76 valence electrons. The van der Waals surface area contributed by atoms with Gasteiger partial charge in [0.1, 0.15) is 0 Å². The summed E-state index contributed by atoms with van der Waals surface area (Å²) in [5.74, 6) is -0.434. The largest absolute Gasteiger partial charge is 0.366 e. The second kappa shape index (κ2) is 3.79. The molecule has 1 aromatic carbocycles. The van der Waals surface area contributed by atoms with Crippen molar-refractivity contribution in [2.75, 3.05) is 0 Å². The molecule has 2 N–H and O–H groups in total. The Morgan fingerprint density at radius 3 is 2.73 bits per heavy atom. The number of aromatic nitrogens is 1. The molecule has 0 unspecified atom stereocenters. The van der Waals surface area contributed by atoms with Crippen LogP contribution in [0.5, 0.6) is 0 Å².